The zero-order valence-electron chi connectivity index (χ0n) is 24.3. The molecule has 0 saturated carbocycles. The lowest BCUT2D eigenvalue weighted by Gasteiger charge is -2.26. The highest BCUT2D eigenvalue weighted by molar-refractivity contribution is 7.92. The highest BCUT2D eigenvalue weighted by Crippen LogP contribution is 2.30. The summed E-state index contributed by atoms with van der Waals surface area (Å²) in [6, 6.07) is 42.0. The molecule has 222 valence electrons. The van der Waals surface area contributed by atoms with Crippen molar-refractivity contribution in [2.45, 2.75) is 24.3 Å². The summed E-state index contributed by atoms with van der Waals surface area (Å²) in [5, 5.41) is 4.55. The number of sulfonamides is 1. The second-order valence-corrected chi connectivity index (χ2v) is 12.0. The number of rotatable bonds is 12. The van der Waals surface area contributed by atoms with Crippen LogP contribution >= 0.6 is 0 Å². The molecule has 5 aromatic rings. The summed E-state index contributed by atoms with van der Waals surface area (Å²) in [5.74, 6) is 0.0280. The van der Waals surface area contributed by atoms with Crippen molar-refractivity contribution in [1.82, 2.24) is 5.43 Å². The van der Waals surface area contributed by atoms with E-state index in [1.54, 1.807) is 36.4 Å². The number of hydrazone groups is 1. The fourth-order valence-corrected chi connectivity index (χ4v) is 6.27. The molecule has 0 aliphatic heterocycles. The summed E-state index contributed by atoms with van der Waals surface area (Å²) < 4.78 is 34.7. The number of methoxy groups -OCH3 is 1. The molecule has 5 aromatic carbocycles. The fraction of sp³-hybridized carbons (Fsp3) is 0.111. The number of ether oxygens (including phenoxy) is 1. The summed E-state index contributed by atoms with van der Waals surface area (Å²) in [4.78, 5) is 13.8. The molecule has 0 heterocycles. The minimum absolute atomic E-state index is 0.0238. The first-order valence-corrected chi connectivity index (χ1v) is 15.6. The summed E-state index contributed by atoms with van der Waals surface area (Å²) >= 11 is 0. The largest absolute Gasteiger partial charge is 0.497 e. The van der Waals surface area contributed by atoms with E-state index in [-0.39, 0.29) is 22.7 Å². The zero-order chi connectivity index (χ0) is 30.8. The smallest absolute Gasteiger partial charge is 0.273 e. The minimum atomic E-state index is -4.08. The first-order chi connectivity index (χ1) is 21.4. The van der Waals surface area contributed by atoms with Crippen LogP contribution < -0.4 is 14.5 Å². The molecule has 0 aromatic heterocycles. The van der Waals surface area contributed by atoms with E-state index in [0.29, 0.717) is 18.6 Å². The number of nitrogens with one attached hydrogen (secondary N) is 1. The highest BCUT2D eigenvalue weighted by Gasteiger charge is 2.29. The number of benzene rings is 5. The van der Waals surface area contributed by atoms with E-state index in [2.05, 4.69) is 10.5 Å². The Hall–Kier alpha value is -5.21. The molecule has 8 heteroatoms. The van der Waals surface area contributed by atoms with Crippen LogP contribution in [0.5, 0.6) is 5.75 Å². The van der Waals surface area contributed by atoms with Crippen molar-refractivity contribution in [3.63, 3.8) is 0 Å². The van der Waals surface area contributed by atoms with Gasteiger partial charge in [0.25, 0.3) is 15.9 Å². The number of amides is 1. The van der Waals surface area contributed by atoms with Crippen LogP contribution in [-0.4, -0.2) is 27.1 Å². The Morgan fingerprint density at radius 3 is 1.73 bits per heavy atom. The monoisotopic (exact) mass is 603 g/mol. The van der Waals surface area contributed by atoms with Crippen molar-refractivity contribution < 1.29 is 17.9 Å². The van der Waals surface area contributed by atoms with Crippen molar-refractivity contribution in [2.24, 2.45) is 5.10 Å². The Morgan fingerprint density at radius 2 is 1.18 bits per heavy atom. The predicted molar refractivity (Wildman–Crippen MR) is 174 cm³/mol. The molecule has 0 radical (unpaired) electrons. The van der Waals surface area contributed by atoms with E-state index in [1.807, 2.05) is 91.0 Å². The second-order valence-electron chi connectivity index (χ2n) is 10.1. The zero-order valence-corrected chi connectivity index (χ0v) is 25.2. The highest BCUT2D eigenvalue weighted by atomic mass is 32.2. The van der Waals surface area contributed by atoms with E-state index in [4.69, 9.17) is 4.74 Å². The van der Waals surface area contributed by atoms with Gasteiger partial charge in [0.05, 0.1) is 29.8 Å². The quantitative estimate of drug-likeness (QED) is 0.128. The van der Waals surface area contributed by atoms with E-state index < -0.39 is 15.9 Å². The fourth-order valence-electron chi connectivity index (χ4n) is 4.80. The maximum Gasteiger partial charge on any atom is 0.273 e. The van der Waals surface area contributed by atoms with Gasteiger partial charge in [0.2, 0.25) is 0 Å². The number of carbonyl (C=O) groups is 1. The van der Waals surface area contributed by atoms with Gasteiger partial charge in [0, 0.05) is 18.6 Å². The number of anilines is 1. The molecule has 0 aliphatic carbocycles. The summed E-state index contributed by atoms with van der Waals surface area (Å²) in [6.07, 6.45) is 1.09. The SMILES string of the molecule is COc1ccc(S(=O)(=O)N(Cc2ccccc2)c2ccccc2C(=O)NN=C(Cc2ccccc2)Cc2ccccc2)cc1. The maximum atomic E-state index is 14.1. The average molecular weight is 604 g/mol. The van der Waals surface area contributed by atoms with Crippen molar-refractivity contribution >= 4 is 27.3 Å². The maximum absolute atomic E-state index is 14.1. The lowest BCUT2D eigenvalue weighted by molar-refractivity contribution is 0.0955. The van der Waals surface area contributed by atoms with Gasteiger partial charge in [0.15, 0.2) is 0 Å². The first-order valence-electron chi connectivity index (χ1n) is 14.2. The third kappa shape index (κ3) is 7.59. The van der Waals surface area contributed by atoms with Crippen LogP contribution in [0.2, 0.25) is 0 Å². The van der Waals surface area contributed by atoms with Gasteiger partial charge < -0.3 is 4.74 Å². The molecule has 0 atom stereocenters. The average Bonchev–Trinajstić information content (AvgIpc) is 3.07. The lowest BCUT2D eigenvalue weighted by Crippen LogP contribution is -2.33. The van der Waals surface area contributed by atoms with Crippen LogP contribution in [0.25, 0.3) is 0 Å². The molecule has 1 amide bonds. The van der Waals surface area contributed by atoms with Gasteiger partial charge in [-0.3, -0.25) is 9.10 Å². The molecule has 0 unspecified atom stereocenters. The molecule has 1 N–H and O–H groups in total. The van der Waals surface area contributed by atoms with Gasteiger partial charge in [-0.1, -0.05) is 103 Å². The molecule has 0 spiro atoms. The van der Waals surface area contributed by atoms with Crippen molar-refractivity contribution in [2.75, 3.05) is 11.4 Å². The van der Waals surface area contributed by atoms with E-state index in [1.165, 1.54) is 23.5 Å². The second kappa shape index (κ2) is 14.3. The summed E-state index contributed by atoms with van der Waals surface area (Å²) in [7, 11) is -2.56. The Balaban J connectivity index is 1.49. The van der Waals surface area contributed by atoms with Gasteiger partial charge in [-0.25, -0.2) is 13.8 Å². The Morgan fingerprint density at radius 1 is 0.682 bits per heavy atom. The van der Waals surface area contributed by atoms with E-state index in [0.717, 1.165) is 22.4 Å². The van der Waals surface area contributed by atoms with Gasteiger partial charge >= 0.3 is 0 Å². The molecule has 44 heavy (non-hydrogen) atoms. The van der Waals surface area contributed by atoms with Crippen molar-refractivity contribution in [1.29, 1.82) is 0 Å². The summed E-state index contributed by atoms with van der Waals surface area (Å²) in [6.45, 7) is 0.0238. The predicted octanol–water partition coefficient (Wildman–Crippen LogP) is 6.66. The third-order valence-electron chi connectivity index (χ3n) is 7.05. The van der Waals surface area contributed by atoms with Crippen LogP contribution in [0.1, 0.15) is 27.0 Å². The topological polar surface area (TPSA) is 88.1 Å². The van der Waals surface area contributed by atoms with Crippen LogP contribution in [0.3, 0.4) is 0 Å². The molecular formula is C36H33N3O4S. The van der Waals surface area contributed by atoms with Crippen LogP contribution in [0.15, 0.2) is 150 Å². The number of carbonyl (C=O) groups excluding carboxylic acids is 1. The first kappa shape index (κ1) is 30.3. The van der Waals surface area contributed by atoms with Crippen LogP contribution in [0.4, 0.5) is 5.69 Å². The molecule has 0 saturated heterocycles. The van der Waals surface area contributed by atoms with Crippen LogP contribution in [0, 0.1) is 0 Å². The Bertz CT molecular complexity index is 1770. The minimum Gasteiger partial charge on any atom is -0.497 e. The van der Waals surface area contributed by atoms with E-state index in [9.17, 15) is 13.2 Å². The summed E-state index contributed by atoms with van der Waals surface area (Å²) in [5.41, 5.74) is 6.81. The Labute approximate surface area is 258 Å². The van der Waals surface area contributed by atoms with E-state index >= 15 is 0 Å². The normalized spacial score (nSPS) is 10.9. The number of nitrogens with zero attached hydrogens (tertiary/aromatic N) is 2. The number of hydrogen-bond acceptors (Lipinski definition) is 5. The molecule has 0 fully saturated rings. The number of hydrogen-bond donors (Lipinski definition) is 1. The van der Waals surface area contributed by atoms with Crippen molar-refractivity contribution in [3.05, 3.63) is 162 Å². The molecule has 7 nitrogen and oxygen atoms in total. The Kier molecular flexibility index (Phi) is 9.84. The van der Waals surface area contributed by atoms with Crippen molar-refractivity contribution in [3.8, 4) is 5.75 Å². The van der Waals surface area contributed by atoms with Gasteiger partial charge in [-0.05, 0) is 53.1 Å². The van der Waals surface area contributed by atoms with Gasteiger partial charge in [0.1, 0.15) is 5.75 Å². The van der Waals surface area contributed by atoms with Gasteiger partial charge in [-0.15, -0.1) is 0 Å². The molecule has 0 bridgehead atoms. The molecule has 0 aliphatic rings. The van der Waals surface area contributed by atoms with Gasteiger partial charge in [-0.2, -0.15) is 5.10 Å². The van der Waals surface area contributed by atoms with Crippen LogP contribution in [-0.2, 0) is 29.4 Å². The molecule has 5 rings (SSSR count). The number of para-hydroxylation sites is 1. The lowest BCUT2D eigenvalue weighted by atomic mass is 10.0. The standard InChI is InChI=1S/C36H33N3O4S/c1-43-32-21-23-33(24-22-32)44(41,42)39(27-30-17-9-4-10-18-30)35-20-12-11-19-34(35)36(40)38-37-31(25-28-13-5-2-6-14-28)26-29-15-7-3-8-16-29/h2-24H,25-27H2,1H3,(H,38,40). The third-order valence-corrected chi connectivity index (χ3v) is 8.83. The molecular weight excluding hydrogens is 570 g/mol.